The minimum absolute atomic E-state index is 0.0991. The molecular weight excluding hydrogens is 446 g/mol. The van der Waals surface area contributed by atoms with Gasteiger partial charge in [0.05, 0.1) is 30.1 Å². The molecule has 0 aromatic heterocycles. The summed E-state index contributed by atoms with van der Waals surface area (Å²) in [6.45, 7) is 1.25. The van der Waals surface area contributed by atoms with Crippen LogP contribution >= 0.6 is 11.6 Å². The summed E-state index contributed by atoms with van der Waals surface area (Å²) >= 11 is 6.34. The van der Waals surface area contributed by atoms with Gasteiger partial charge in [0.2, 0.25) is 5.91 Å². The predicted octanol–water partition coefficient (Wildman–Crippen LogP) is 2.18. The number of ether oxygens (including phenoxy) is 1. The molecule has 11 heteroatoms. The van der Waals surface area contributed by atoms with Gasteiger partial charge in [0.1, 0.15) is 10.6 Å². The first kappa shape index (κ1) is 22.4. The van der Waals surface area contributed by atoms with Crippen LogP contribution in [0.3, 0.4) is 0 Å². The van der Waals surface area contributed by atoms with Gasteiger partial charge in [0.15, 0.2) is 0 Å². The molecule has 1 heterocycles. The maximum Gasteiger partial charge on any atom is 0.328 e. The van der Waals surface area contributed by atoms with E-state index in [0.717, 1.165) is 6.08 Å². The Morgan fingerprint density at radius 1 is 1.29 bits per heavy atom. The van der Waals surface area contributed by atoms with Crippen LogP contribution in [0.5, 0.6) is 5.75 Å². The van der Waals surface area contributed by atoms with Gasteiger partial charge in [0.25, 0.3) is 10.0 Å². The van der Waals surface area contributed by atoms with E-state index in [1.807, 2.05) is 0 Å². The Morgan fingerprint density at radius 2 is 2.06 bits per heavy atom. The molecule has 164 valence electrons. The van der Waals surface area contributed by atoms with Crippen molar-refractivity contribution in [3.8, 4) is 5.75 Å². The number of carbonyl (C=O) groups excluding carboxylic acids is 1. The number of anilines is 2. The molecule has 0 saturated carbocycles. The molecule has 31 heavy (non-hydrogen) atoms. The van der Waals surface area contributed by atoms with Gasteiger partial charge in [-0.05, 0) is 42.0 Å². The van der Waals surface area contributed by atoms with Gasteiger partial charge in [-0.15, -0.1) is 0 Å². The van der Waals surface area contributed by atoms with Crippen molar-refractivity contribution in [1.82, 2.24) is 5.32 Å². The van der Waals surface area contributed by atoms with Gasteiger partial charge in [-0.1, -0.05) is 17.7 Å². The topological polar surface area (TPSA) is 125 Å². The lowest BCUT2D eigenvalue weighted by Gasteiger charge is -2.29. The lowest BCUT2D eigenvalue weighted by Crippen LogP contribution is -2.47. The smallest absolute Gasteiger partial charge is 0.328 e. The van der Waals surface area contributed by atoms with E-state index >= 15 is 0 Å². The number of nitrogens with one attached hydrogen (secondary N) is 2. The fourth-order valence-corrected chi connectivity index (χ4v) is 4.61. The summed E-state index contributed by atoms with van der Waals surface area (Å²) in [5, 5.41) is 11.8. The highest BCUT2D eigenvalue weighted by molar-refractivity contribution is 7.92. The lowest BCUT2D eigenvalue weighted by molar-refractivity contribution is -0.131. The van der Waals surface area contributed by atoms with Gasteiger partial charge in [-0.25, -0.2) is 13.2 Å². The maximum atomic E-state index is 13.0. The molecule has 0 bridgehead atoms. The molecule has 0 atom stereocenters. The number of hydrogen-bond donors (Lipinski definition) is 3. The zero-order valence-corrected chi connectivity index (χ0v) is 18.0. The number of sulfonamides is 1. The monoisotopic (exact) mass is 465 g/mol. The van der Waals surface area contributed by atoms with Crippen LogP contribution in [-0.2, 0) is 19.6 Å². The fraction of sp³-hybridized carbons (Fsp3) is 0.200. The Balaban J connectivity index is 1.88. The number of nitrogens with zero attached hydrogens (tertiary/aromatic N) is 1. The van der Waals surface area contributed by atoms with Crippen LogP contribution < -0.4 is 19.7 Å². The molecule has 0 unspecified atom stereocenters. The molecule has 2 aromatic carbocycles. The van der Waals surface area contributed by atoms with Crippen molar-refractivity contribution in [3.05, 3.63) is 53.1 Å². The molecule has 1 aliphatic heterocycles. The van der Waals surface area contributed by atoms with Crippen LogP contribution in [-0.4, -0.2) is 52.1 Å². The molecule has 0 aliphatic carbocycles. The van der Waals surface area contributed by atoms with Gasteiger partial charge < -0.3 is 20.1 Å². The standard InChI is InChI=1S/C20H20ClN3O6S/c1-30-17-6-2-13(3-7-20(26)27)10-18(17)31(28,29)23-14-4-5-16(15(21)11-14)24-9-8-22-19(25)12-24/h2-7,10-11,23H,8-9,12H2,1H3,(H,22,25)(H,26,27)/b7-3+. The fourth-order valence-electron chi connectivity index (χ4n) is 3.06. The van der Waals surface area contributed by atoms with Crippen molar-refractivity contribution in [2.45, 2.75) is 4.90 Å². The molecule has 2 aromatic rings. The van der Waals surface area contributed by atoms with E-state index in [9.17, 15) is 18.0 Å². The molecule has 3 N–H and O–H groups in total. The van der Waals surface area contributed by atoms with Crippen LogP contribution in [0.2, 0.25) is 5.02 Å². The van der Waals surface area contributed by atoms with E-state index in [4.69, 9.17) is 21.4 Å². The number of carbonyl (C=O) groups is 2. The molecule has 9 nitrogen and oxygen atoms in total. The van der Waals surface area contributed by atoms with E-state index in [2.05, 4.69) is 10.0 Å². The summed E-state index contributed by atoms with van der Waals surface area (Å²) in [5.41, 5.74) is 1.22. The minimum Gasteiger partial charge on any atom is -0.495 e. The number of benzene rings is 2. The number of piperazine rings is 1. The third-order valence-electron chi connectivity index (χ3n) is 4.47. The number of methoxy groups -OCH3 is 1. The number of carboxylic acid groups (broad SMARTS) is 1. The quantitative estimate of drug-likeness (QED) is 0.535. The molecular formula is C20H20ClN3O6S. The first-order valence-corrected chi connectivity index (χ1v) is 11.0. The maximum absolute atomic E-state index is 13.0. The number of carboxylic acids is 1. The van der Waals surface area contributed by atoms with Crippen LogP contribution in [0.25, 0.3) is 6.08 Å². The van der Waals surface area contributed by atoms with Crippen LogP contribution in [0.1, 0.15) is 5.56 Å². The largest absolute Gasteiger partial charge is 0.495 e. The van der Waals surface area contributed by atoms with Crippen molar-refractivity contribution in [3.63, 3.8) is 0 Å². The van der Waals surface area contributed by atoms with Gasteiger partial charge in [-0.2, -0.15) is 0 Å². The summed E-state index contributed by atoms with van der Waals surface area (Å²) in [6, 6.07) is 8.93. The van der Waals surface area contributed by atoms with Gasteiger partial charge >= 0.3 is 5.97 Å². The zero-order chi connectivity index (χ0) is 22.6. The number of aliphatic carboxylic acids is 1. The molecule has 1 saturated heterocycles. The highest BCUT2D eigenvalue weighted by Crippen LogP contribution is 2.32. The molecule has 0 radical (unpaired) electrons. The average molecular weight is 466 g/mol. The average Bonchev–Trinajstić information content (AvgIpc) is 2.72. The molecule has 3 rings (SSSR count). The van der Waals surface area contributed by atoms with Gasteiger partial charge in [0, 0.05) is 19.2 Å². The number of rotatable bonds is 7. The number of halogens is 1. The van der Waals surface area contributed by atoms with Crippen LogP contribution in [0.15, 0.2) is 47.4 Å². The summed E-state index contributed by atoms with van der Waals surface area (Å²) in [4.78, 5) is 24.0. The van der Waals surface area contributed by atoms with Crippen molar-refractivity contribution < 1.29 is 27.9 Å². The zero-order valence-electron chi connectivity index (χ0n) is 16.5. The van der Waals surface area contributed by atoms with Crippen LogP contribution in [0.4, 0.5) is 11.4 Å². The van der Waals surface area contributed by atoms with E-state index < -0.39 is 16.0 Å². The van der Waals surface area contributed by atoms with Crippen molar-refractivity contribution in [2.75, 3.05) is 36.4 Å². The second-order valence-corrected chi connectivity index (χ2v) is 8.68. The van der Waals surface area contributed by atoms with Crippen molar-refractivity contribution in [2.24, 2.45) is 0 Å². The summed E-state index contributed by atoms with van der Waals surface area (Å²) in [5.74, 6) is -1.17. The van der Waals surface area contributed by atoms with E-state index in [0.29, 0.717) is 29.4 Å². The first-order valence-electron chi connectivity index (χ1n) is 9.12. The second kappa shape index (κ2) is 9.27. The normalized spacial score (nSPS) is 14.4. The van der Waals surface area contributed by atoms with E-state index in [1.54, 1.807) is 17.0 Å². The Kier molecular flexibility index (Phi) is 6.71. The number of hydrogen-bond acceptors (Lipinski definition) is 6. The SMILES string of the molecule is COc1ccc(/C=C/C(=O)O)cc1S(=O)(=O)Nc1ccc(N2CCNC(=O)C2)c(Cl)c1. The highest BCUT2D eigenvalue weighted by atomic mass is 35.5. The summed E-state index contributed by atoms with van der Waals surface area (Å²) in [7, 11) is -2.74. The van der Waals surface area contributed by atoms with E-state index in [1.165, 1.54) is 37.5 Å². The third kappa shape index (κ3) is 5.47. The second-order valence-electron chi connectivity index (χ2n) is 6.63. The summed E-state index contributed by atoms with van der Waals surface area (Å²) < 4.78 is 33.6. The lowest BCUT2D eigenvalue weighted by atomic mass is 10.2. The first-order chi connectivity index (χ1) is 14.7. The predicted molar refractivity (Wildman–Crippen MR) is 117 cm³/mol. The van der Waals surface area contributed by atoms with Crippen molar-refractivity contribution >= 4 is 51.0 Å². The van der Waals surface area contributed by atoms with Crippen LogP contribution in [0, 0.1) is 0 Å². The van der Waals surface area contributed by atoms with Gasteiger partial charge in [-0.3, -0.25) is 9.52 Å². The van der Waals surface area contributed by atoms with E-state index in [-0.39, 0.29) is 28.8 Å². The van der Waals surface area contributed by atoms with Crippen molar-refractivity contribution in [1.29, 1.82) is 0 Å². The highest BCUT2D eigenvalue weighted by Gasteiger charge is 2.22. The summed E-state index contributed by atoms with van der Waals surface area (Å²) in [6.07, 6.45) is 2.19. The Labute approximate surface area is 184 Å². The third-order valence-corrected chi connectivity index (χ3v) is 6.18. The molecule has 1 fully saturated rings. The Bertz CT molecular complexity index is 1150. The number of amides is 1. The Morgan fingerprint density at radius 3 is 2.71 bits per heavy atom. The minimum atomic E-state index is -4.07. The molecule has 1 amide bonds. The Hall–Kier alpha value is -3.24. The molecule has 0 spiro atoms. The molecule has 1 aliphatic rings.